The van der Waals surface area contributed by atoms with Crippen molar-refractivity contribution in [2.75, 3.05) is 13.1 Å². The van der Waals surface area contributed by atoms with Crippen molar-refractivity contribution in [3.05, 3.63) is 0 Å². The molecule has 4 nitrogen and oxygen atoms in total. The summed E-state index contributed by atoms with van der Waals surface area (Å²) in [4.78, 5) is 10.7. The fourth-order valence-corrected chi connectivity index (χ4v) is 9.16. The van der Waals surface area contributed by atoms with E-state index in [2.05, 4.69) is 26.1 Å². The van der Waals surface area contributed by atoms with Crippen LogP contribution < -0.4 is 5.32 Å². The van der Waals surface area contributed by atoms with Crippen molar-refractivity contribution >= 4 is 5.97 Å². The van der Waals surface area contributed by atoms with Gasteiger partial charge in [-0.3, -0.25) is 4.79 Å². The van der Waals surface area contributed by atoms with Gasteiger partial charge in [0.05, 0.1) is 12.6 Å². The third-order valence-electron chi connectivity index (χ3n) is 10.7. The zero-order valence-corrected chi connectivity index (χ0v) is 19.5. The Morgan fingerprint density at radius 2 is 1.77 bits per heavy atom. The highest BCUT2D eigenvalue weighted by Gasteiger charge is 2.60. The summed E-state index contributed by atoms with van der Waals surface area (Å²) < 4.78 is 0. The number of hydrogen-bond donors (Lipinski definition) is 3. The lowest BCUT2D eigenvalue weighted by molar-refractivity contribution is -0.135. The van der Waals surface area contributed by atoms with Crippen molar-refractivity contribution in [3.8, 4) is 0 Å². The molecule has 4 heteroatoms. The quantitative estimate of drug-likeness (QED) is 0.502. The van der Waals surface area contributed by atoms with Crippen LogP contribution in [-0.4, -0.2) is 35.4 Å². The van der Waals surface area contributed by atoms with Crippen LogP contribution in [-0.2, 0) is 4.79 Å². The van der Waals surface area contributed by atoms with Gasteiger partial charge in [0.15, 0.2) is 0 Å². The van der Waals surface area contributed by atoms with E-state index in [1.54, 1.807) is 0 Å². The average Bonchev–Trinajstić information content (AvgIpc) is 3.05. The minimum Gasteiger partial charge on any atom is -0.480 e. The molecule has 0 heterocycles. The molecule has 172 valence electrons. The van der Waals surface area contributed by atoms with E-state index in [-0.39, 0.29) is 12.6 Å². The van der Waals surface area contributed by atoms with Gasteiger partial charge < -0.3 is 15.5 Å². The first-order chi connectivity index (χ1) is 14.3. The number of carboxylic acid groups (broad SMARTS) is 1. The highest BCUT2D eigenvalue weighted by atomic mass is 16.4. The normalized spacial score (nSPS) is 46.5. The number of nitrogens with one attached hydrogen (secondary N) is 1. The van der Waals surface area contributed by atoms with E-state index in [0.717, 1.165) is 61.3 Å². The highest BCUT2D eigenvalue weighted by molar-refractivity contribution is 5.68. The monoisotopic (exact) mass is 419 g/mol. The van der Waals surface area contributed by atoms with Crippen LogP contribution >= 0.6 is 0 Å². The molecule has 0 radical (unpaired) electrons. The third kappa shape index (κ3) is 3.96. The third-order valence-corrected chi connectivity index (χ3v) is 10.7. The van der Waals surface area contributed by atoms with E-state index in [4.69, 9.17) is 5.11 Å². The van der Waals surface area contributed by atoms with Crippen LogP contribution in [0.2, 0.25) is 0 Å². The maximum atomic E-state index is 10.7. The van der Waals surface area contributed by atoms with Crippen LogP contribution in [0.4, 0.5) is 0 Å². The molecule has 9 atom stereocenters. The predicted octanol–water partition coefficient (Wildman–Crippen LogP) is 5.10. The lowest BCUT2D eigenvalue weighted by Gasteiger charge is -2.61. The van der Waals surface area contributed by atoms with Crippen molar-refractivity contribution in [2.24, 2.45) is 46.3 Å². The molecule has 0 aromatic rings. The van der Waals surface area contributed by atoms with Crippen molar-refractivity contribution in [3.63, 3.8) is 0 Å². The van der Waals surface area contributed by atoms with E-state index in [9.17, 15) is 9.90 Å². The van der Waals surface area contributed by atoms with Gasteiger partial charge in [-0.05, 0) is 124 Å². The maximum Gasteiger partial charge on any atom is 0.317 e. The van der Waals surface area contributed by atoms with E-state index in [1.807, 2.05) is 0 Å². The number of hydrogen-bond acceptors (Lipinski definition) is 3. The molecule has 0 spiro atoms. The molecule has 4 fully saturated rings. The number of carbonyl (C=O) groups is 1. The molecule has 0 aliphatic heterocycles. The summed E-state index contributed by atoms with van der Waals surface area (Å²) in [5.41, 5.74) is 0.982. The minimum atomic E-state index is -0.762. The zero-order valence-electron chi connectivity index (χ0n) is 19.5. The van der Waals surface area contributed by atoms with Gasteiger partial charge in [0.1, 0.15) is 0 Å². The second-order valence-electron chi connectivity index (χ2n) is 12.0. The molecule has 30 heavy (non-hydrogen) atoms. The average molecular weight is 420 g/mol. The Balaban J connectivity index is 1.38. The molecule has 0 amide bonds. The molecule has 4 aliphatic carbocycles. The molecule has 0 bridgehead atoms. The second-order valence-corrected chi connectivity index (χ2v) is 12.0. The summed E-state index contributed by atoms with van der Waals surface area (Å²) in [7, 11) is 0. The molecule has 4 rings (SSSR count). The Morgan fingerprint density at radius 3 is 2.53 bits per heavy atom. The zero-order chi connectivity index (χ0) is 21.5. The number of fused-ring (bicyclic) bond motifs is 5. The first kappa shape index (κ1) is 22.6. The Kier molecular flexibility index (Phi) is 6.57. The largest absolute Gasteiger partial charge is 0.480 e. The van der Waals surface area contributed by atoms with Crippen LogP contribution in [0, 0.1) is 46.3 Å². The Hall–Kier alpha value is -0.610. The van der Waals surface area contributed by atoms with E-state index < -0.39 is 5.97 Å². The van der Waals surface area contributed by atoms with Gasteiger partial charge in [-0.1, -0.05) is 20.8 Å². The summed E-state index contributed by atoms with van der Waals surface area (Å²) in [6.45, 7) is 8.57. The Morgan fingerprint density at radius 1 is 1.03 bits per heavy atom. The van der Waals surface area contributed by atoms with Gasteiger partial charge >= 0.3 is 5.97 Å². The van der Waals surface area contributed by atoms with Crippen molar-refractivity contribution in [1.82, 2.24) is 5.32 Å². The van der Waals surface area contributed by atoms with E-state index in [1.165, 1.54) is 51.4 Å². The lowest BCUT2D eigenvalue weighted by Crippen LogP contribution is -2.54. The summed E-state index contributed by atoms with van der Waals surface area (Å²) >= 11 is 0. The second kappa shape index (κ2) is 8.73. The molecule has 4 saturated carbocycles. The van der Waals surface area contributed by atoms with Gasteiger partial charge in [0.2, 0.25) is 0 Å². The molecular weight excluding hydrogens is 374 g/mol. The fourth-order valence-electron chi connectivity index (χ4n) is 9.16. The first-order valence-corrected chi connectivity index (χ1v) is 12.9. The van der Waals surface area contributed by atoms with E-state index in [0.29, 0.717) is 10.8 Å². The Labute approximate surface area is 183 Å². The summed E-state index contributed by atoms with van der Waals surface area (Å²) in [5, 5.41) is 22.1. The maximum absolute atomic E-state index is 10.7. The SMILES string of the molecule is C[C@H](CCCNCC(=O)O)[C@H]1CC[C@H]2[C@@H]3CC[C@@H]4C[C@H](O)CC[C@]4(C)[C@H]3CC[C@]12C. The van der Waals surface area contributed by atoms with Crippen LogP contribution in [0.5, 0.6) is 0 Å². The summed E-state index contributed by atoms with van der Waals surface area (Å²) in [6.07, 6.45) is 13.9. The van der Waals surface area contributed by atoms with Crippen molar-refractivity contribution in [2.45, 2.75) is 97.5 Å². The summed E-state index contributed by atoms with van der Waals surface area (Å²) in [5.74, 6) is 4.26. The van der Waals surface area contributed by atoms with Gasteiger partial charge in [0.25, 0.3) is 0 Å². The molecule has 0 unspecified atom stereocenters. The molecule has 0 saturated heterocycles. The molecule has 4 aliphatic rings. The molecule has 0 aromatic carbocycles. The van der Waals surface area contributed by atoms with Gasteiger partial charge in [-0.15, -0.1) is 0 Å². The summed E-state index contributed by atoms with van der Waals surface area (Å²) in [6, 6.07) is 0. The Bertz CT molecular complexity index is 623. The topological polar surface area (TPSA) is 69.6 Å². The van der Waals surface area contributed by atoms with Crippen molar-refractivity contribution < 1.29 is 15.0 Å². The number of aliphatic carboxylic acids is 1. The van der Waals surface area contributed by atoms with Crippen LogP contribution in [0.1, 0.15) is 91.4 Å². The standard InChI is InChI=1S/C26H45NO3/c1-17(5-4-14-27-16-24(29)30)21-8-9-22-20-7-6-18-15-19(28)10-12-25(18,2)23(20)11-13-26(21,22)3/h17-23,27-28H,4-16H2,1-3H3,(H,29,30)/t17-,18-,19-,20+,21-,22+,23+,25+,26-/m1/s1. The van der Waals surface area contributed by atoms with Crippen LogP contribution in [0.3, 0.4) is 0 Å². The fraction of sp³-hybridized carbons (Fsp3) is 0.962. The first-order valence-electron chi connectivity index (χ1n) is 12.9. The molecule has 0 aromatic heterocycles. The molecular formula is C26H45NO3. The number of aliphatic hydroxyl groups is 1. The van der Waals surface area contributed by atoms with E-state index >= 15 is 0 Å². The number of rotatable bonds is 7. The van der Waals surface area contributed by atoms with Gasteiger partial charge in [-0.25, -0.2) is 0 Å². The van der Waals surface area contributed by atoms with Gasteiger partial charge in [0, 0.05) is 0 Å². The van der Waals surface area contributed by atoms with Gasteiger partial charge in [-0.2, -0.15) is 0 Å². The smallest absolute Gasteiger partial charge is 0.317 e. The van der Waals surface area contributed by atoms with Crippen LogP contribution in [0.25, 0.3) is 0 Å². The highest BCUT2D eigenvalue weighted by Crippen LogP contribution is 2.68. The number of carboxylic acids is 1. The molecule has 3 N–H and O–H groups in total. The number of aliphatic hydroxyl groups excluding tert-OH is 1. The van der Waals surface area contributed by atoms with Crippen LogP contribution in [0.15, 0.2) is 0 Å². The van der Waals surface area contributed by atoms with Crippen molar-refractivity contribution in [1.29, 1.82) is 0 Å². The lowest BCUT2D eigenvalue weighted by atomic mass is 9.44. The minimum absolute atomic E-state index is 0.0461. The predicted molar refractivity (Wildman–Crippen MR) is 120 cm³/mol.